The van der Waals surface area contributed by atoms with Crippen molar-refractivity contribution in [2.45, 2.75) is 16.9 Å². The number of para-hydroxylation sites is 1. The first-order valence-corrected chi connectivity index (χ1v) is 9.78. The van der Waals surface area contributed by atoms with Gasteiger partial charge in [0.1, 0.15) is 12.0 Å². The van der Waals surface area contributed by atoms with E-state index in [0.29, 0.717) is 10.6 Å². The Morgan fingerprint density at radius 2 is 1.47 bits per heavy atom. The van der Waals surface area contributed by atoms with Gasteiger partial charge in [-0.05, 0) is 23.3 Å². The van der Waals surface area contributed by atoms with Crippen LogP contribution in [-0.4, -0.2) is 10.2 Å². The molecule has 164 valence electrons. The molecule has 0 aliphatic carbocycles. The number of aliphatic hydroxyl groups is 1. The Balaban J connectivity index is 1.97. The van der Waals surface area contributed by atoms with Gasteiger partial charge < -0.3 is 10.8 Å². The summed E-state index contributed by atoms with van der Waals surface area (Å²) in [6, 6.07) is 13.8. The molecule has 0 aliphatic heterocycles. The molecule has 0 radical (unpaired) electrons. The summed E-state index contributed by atoms with van der Waals surface area (Å²) in [4.78, 5) is 0.537. The van der Waals surface area contributed by atoms with Gasteiger partial charge >= 0.3 is 0 Å². The number of anilines is 1. The fourth-order valence-corrected chi connectivity index (χ4v) is 3.85. The van der Waals surface area contributed by atoms with Gasteiger partial charge in [-0.15, -0.1) is 0 Å². The maximum Gasteiger partial charge on any atom is 0.200 e. The number of halogens is 5. The summed E-state index contributed by atoms with van der Waals surface area (Å²) in [6.07, 6.45) is -2.20. The van der Waals surface area contributed by atoms with E-state index in [0.717, 1.165) is 11.8 Å². The van der Waals surface area contributed by atoms with Crippen molar-refractivity contribution in [3.05, 3.63) is 94.3 Å². The third kappa shape index (κ3) is 4.30. The maximum absolute atomic E-state index is 14.1. The fourth-order valence-electron chi connectivity index (χ4n) is 2.97. The first-order valence-electron chi connectivity index (χ1n) is 8.97. The molecule has 0 bridgehead atoms. The van der Waals surface area contributed by atoms with Crippen LogP contribution in [0.15, 0.2) is 53.4 Å². The highest BCUT2D eigenvalue weighted by Crippen LogP contribution is 2.35. The first-order chi connectivity index (χ1) is 15.2. The minimum atomic E-state index is -2.33. The van der Waals surface area contributed by atoms with Crippen molar-refractivity contribution in [3.8, 4) is 6.07 Å². The van der Waals surface area contributed by atoms with E-state index in [1.54, 1.807) is 24.3 Å². The molecule has 4 nitrogen and oxygen atoms in total. The number of hydrogen-bond donors (Lipinski definition) is 3. The van der Waals surface area contributed by atoms with E-state index in [1.807, 2.05) is 6.07 Å². The Hall–Kier alpha value is -3.42. The zero-order valence-electron chi connectivity index (χ0n) is 16.0. The highest BCUT2D eigenvalue weighted by atomic mass is 32.2. The Morgan fingerprint density at radius 1 is 0.906 bits per heavy atom. The van der Waals surface area contributed by atoms with Crippen LogP contribution in [-0.2, 0) is 0 Å². The summed E-state index contributed by atoms with van der Waals surface area (Å²) >= 11 is 0.931. The van der Waals surface area contributed by atoms with Gasteiger partial charge in [-0.2, -0.15) is 5.26 Å². The van der Waals surface area contributed by atoms with Crippen LogP contribution in [0.2, 0.25) is 0 Å². The van der Waals surface area contributed by atoms with Crippen molar-refractivity contribution < 1.29 is 27.1 Å². The second-order valence-electron chi connectivity index (χ2n) is 6.62. The van der Waals surface area contributed by atoms with Crippen LogP contribution >= 0.6 is 11.8 Å². The average molecular weight is 463 g/mol. The maximum atomic E-state index is 14.1. The summed E-state index contributed by atoms with van der Waals surface area (Å²) in [7, 11) is 0. The van der Waals surface area contributed by atoms with Crippen LogP contribution in [0, 0.1) is 45.8 Å². The van der Waals surface area contributed by atoms with E-state index < -0.39 is 46.7 Å². The van der Waals surface area contributed by atoms with Gasteiger partial charge in [0.05, 0.1) is 16.7 Å². The standard InChI is InChI=1S/C22H14F5N3OS/c23-16-15(17(24)19(26)20(27)18(16)25)21(31)11-5-3-4-10(8-11)12(9-28)22(30)32-14-7-2-1-6-13(14)29/h1-8,12,21,30-31H,29H2. The molecular weight excluding hydrogens is 449 g/mol. The number of nitrogens with one attached hydrogen (secondary N) is 1. The molecule has 4 N–H and O–H groups in total. The number of nitrogen functional groups attached to an aromatic ring is 1. The third-order valence-corrected chi connectivity index (χ3v) is 5.65. The molecule has 0 aliphatic rings. The lowest BCUT2D eigenvalue weighted by atomic mass is 9.94. The van der Waals surface area contributed by atoms with Crippen LogP contribution in [0.1, 0.15) is 28.7 Å². The van der Waals surface area contributed by atoms with Crippen molar-refractivity contribution in [2.75, 3.05) is 5.73 Å². The number of benzene rings is 3. The number of nitriles is 1. The van der Waals surface area contributed by atoms with Gasteiger partial charge in [0.2, 0.25) is 5.82 Å². The lowest BCUT2D eigenvalue weighted by Gasteiger charge is -2.17. The molecule has 2 atom stereocenters. The molecule has 32 heavy (non-hydrogen) atoms. The zero-order chi connectivity index (χ0) is 23.6. The van der Waals surface area contributed by atoms with Gasteiger partial charge in [-0.25, -0.2) is 22.0 Å². The van der Waals surface area contributed by atoms with E-state index >= 15 is 0 Å². The van der Waals surface area contributed by atoms with Crippen molar-refractivity contribution >= 4 is 22.5 Å². The van der Waals surface area contributed by atoms with Gasteiger partial charge in [-0.3, -0.25) is 5.41 Å². The number of nitrogens with two attached hydrogens (primary N) is 1. The van der Waals surface area contributed by atoms with E-state index in [1.165, 1.54) is 24.3 Å². The molecule has 2 unspecified atom stereocenters. The molecule has 0 aromatic heterocycles. The quantitative estimate of drug-likeness (QED) is 0.0896. The molecule has 0 spiro atoms. The van der Waals surface area contributed by atoms with Crippen molar-refractivity contribution in [3.63, 3.8) is 0 Å². The molecule has 3 aromatic carbocycles. The third-order valence-electron chi connectivity index (χ3n) is 4.61. The zero-order valence-corrected chi connectivity index (χ0v) is 16.9. The van der Waals surface area contributed by atoms with Crippen LogP contribution in [0.5, 0.6) is 0 Å². The van der Waals surface area contributed by atoms with Gasteiger partial charge in [0.25, 0.3) is 0 Å². The number of hydrogen-bond acceptors (Lipinski definition) is 5. The summed E-state index contributed by atoms with van der Waals surface area (Å²) in [5.41, 5.74) is 4.80. The monoisotopic (exact) mass is 463 g/mol. The number of thioether (sulfide) groups is 1. The summed E-state index contributed by atoms with van der Waals surface area (Å²) in [6.45, 7) is 0. The van der Waals surface area contributed by atoms with Crippen LogP contribution in [0.25, 0.3) is 0 Å². The van der Waals surface area contributed by atoms with Gasteiger partial charge in [0.15, 0.2) is 23.3 Å². The largest absolute Gasteiger partial charge is 0.398 e. The lowest BCUT2D eigenvalue weighted by Crippen LogP contribution is -2.13. The predicted octanol–water partition coefficient (Wildman–Crippen LogP) is 5.42. The van der Waals surface area contributed by atoms with E-state index in [2.05, 4.69) is 0 Å². The lowest BCUT2D eigenvalue weighted by molar-refractivity contribution is 0.202. The minimum absolute atomic E-state index is 0.117. The number of aliphatic hydroxyl groups excluding tert-OH is 1. The van der Waals surface area contributed by atoms with Gasteiger partial charge in [0, 0.05) is 10.6 Å². The van der Waals surface area contributed by atoms with E-state index in [-0.39, 0.29) is 16.2 Å². The molecule has 3 aromatic rings. The van der Waals surface area contributed by atoms with E-state index in [9.17, 15) is 32.3 Å². The molecule has 0 saturated carbocycles. The SMILES string of the molecule is N#CC(C(=N)Sc1ccccc1N)c1cccc(C(O)c2c(F)c(F)c(F)c(F)c2F)c1. The number of nitrogens with zero attached hydrogens (tertiary/aromatic N) is 1. The molecule has 10 heteroatoms. The normalized spacial score (nSPS) is 12.8. The predicted molar refractivity (Wildman–Crippen MR) is 110 cm³/mol. The fraction of sp³-hybridized carbons (Fsp3) is 0.0909. The minimum Gasteiger partial charge on any atom is -0.398 e. The second kappa shape index (κ2) is 9.38. The average Bonchev–Trinajstić information content (AvgIpc) is 2.78. The summed E-state index contributed by atoms with van der Waals surface area (Å²) < 4.78 is 68.5. The molecule has 0 amide bonds. The number of rotatable bonds is 5. The van der Waals surface area contributed by atoms with Crippen LogP contribution in [0.3, 0.4) is 0 Å². The second-order valence-corrected chi connectivity index (χ2v) is 7.71. The van der Waals surface area contributed by atoms with E-state index in [4.69, 9.17) is 11.1 Å². The smallest absolute Gasteiger partial charge is 0.200 e. The summed E-state index contributed by atoms with van der Waals surface area (Å²) in [5, 5.41) is 28.1. The Kier molecular flexibility index (Phi) is 6.81. The summed E-state index contributed by atoms with van der Waals surface area (Å²) in [5.74, 6) is -12.1. The van der Waals surface area contributed by atoms with Crippen molar-refractivity contribution in [1.29, 1.82) is 10.7 Å². The van der Waals surface area contributed by atoms with Gasteiger partial charge in [-0.1, -0.05) is 48.2 Å². The highest BCUT2D eigenvalue weighted by Gasteiger charge is 2.31. The van der Waals surface area contributed by atoms with Crippen LogP contribution in [0.4, 0.5) is 27.6 Å². The molecule has 3 rings (SSSR count). The van der Waals surface area contributed by atoms with Crippen LogP contribution < -0.4 is 5.73 Å². The Morgan fingerprint density at radius 3 is 2.06 bits per heavy atom. The first kappa shape index (κ1) is 23.2. The van der Waals surface area contributed by atoms with Crippen molar-refractivity contribution in [1.82, 2.24) is 0 Å². The molecule has 0 heterocycles. The molecular formula is C22H14F5N3OS. The molecule has 0 fully saturated rings. The molecule has 0 saturated heterocycles. The Labute approximate surface area is 183 Å². The Bertz CT molecular complexity index is 1220. The van der Waals surface area contributed by atoms with Crippen molar-refractivity contribution in [2.24, 2.45) is 0 Å². The topological polar surface area (TPSA) is 93.9 Å². The highest BCUT2D eigenvalue weighted by molar-refractivity contribution is 8.14.